The molecule has 0 bridgehead atoms. The van der Waals surface area contributed by atoms with Gasteiger partial charge in [-0.25, -0.2) is 4.98 Å². The number of hydrogen-bond donors (Lipinski definition) is 0. The number of benzene rings is 1. The van der Waals surface area contributed by atoms with Crippen LogP contribution >= 0.6 is 0 Å². The molecule has 3 heterocycles. The molecule has 2 fully saturated rings. The third-order valence-electron chi connectivity index (χ3n) is 5.62. The summed E-state index contributed by atoms with van der Waals surface area (Å²) in [6.07, 6.45) is 5.74. The van der Waals surface area contributed by atoms with Gasteiger partial charge in [-0.15, -0.1) is 0 Å². The van der Waals surface area contributed by atoms with Crippen molar-refractivity contribution < 1.29 is 9.53 Å². The number of likely N-dealkylation sites (tertiary alicyclic amines) is 1. The van der Waals surface area contributed by atoms with Crippen LogP contribution in [0.4, 0.5) is 0 Å². The van der Waals surface area contributed by atoms with Gasteiger partial charge in [0.2, 0.25) is 5.91 Å². The number of rotatable bonds is 4. The second-order valence-electron chi connectivity index (χ2n) is 7.77. The first-order valence-electron chi connectivity index (χ1n) is 10.2. The van der Waals surface area contributed by atoms with Crippen molar-refractivity contribution in [3.8, 4) is 11.3 Å². The van der Waals surface area contributed by atoms with E-state index in [-0.39, 0.29) is 11.8 Å². The Morgan fingerprint density at radius 1 is 1.21 bits per heavy atom. The monoisotopic (exact) mass is 380 g/mol. The summed E-state index contributed by atoms with van der Waals surface area (Å²) in [5, 5.41) is 0. The maximum atomic E-state index is 12.8. The van der Waals surface area contributed by atoms with Crippen LogP contribution in [0.15, 0.2) is 36.7 Å². The van der Waals surface area contributed by atoms with Crippen molar-refractivity contribution in [3.63, 3.8) is 0 Å². The van der Waals surface area contributed by atoms with E-state index in [0.717, 1.165) is 69.2 Å². The fraction of sp³-hybridized carbons (Fsp3) is 0.500. The molecule has 0 aliphatic carbocycles. The second-order valence-corrected chi connectivity index (χ2v) is 7.77. The highest BCUT2D eigenvalue weighted by molar-refractivity contribution is 5.78. The van der Waals surface area contributed by atoms with Crippen molar-refractivity contribution in [1.82, 2.24) is 19.8 Å². The van der Waals surface area contributed by atoms with E-state index >= 15 is 0 Å². The van der Waals surface area contributed by atoms with E-state index in [2.05, 4.69) is 35.0 Å². The number of carbonyl (C=O) groups is 1. The van der Waals surface area contributed by atoms with Gasteiger partial charge in [-0.1, -0.05) is 23.8 Å². The van der Waals surface area contributed by atoms with Gasteiger partial charge in [-0.05, 0) is 25.8 Å². The van der Waals surface area contributed by atoms with Crippen molar-refractivity contribution in [2.24, 2.45) is 0 Å². The summed E-state index contributed by atoms with van der Waals surface area (Å²) in [5.74, 6) is 0.467. The number of aromatic nitrogens is 2. The van der Waals surface area contributed by atoms with Crippen molar-refractivity contribution in [2.45, 2.75) is 25.7 Å². The van der Waals surface area contributed by atoms with Crippen LogP contribution in [-0.2, 0) is 9.53 Å². The Balaban J connectivity index is 1.44. The molecular formula is C22H28N4O2. The molecular weight excluding hydrogens is 352 g/mol. The molecule has 0 N–H and O–H groups in total. The van der Waals surface area contributed by atoms with Crippen LogP contribution in [0.2, 0.25) is 0 Å². The first-order valence-corrected chi connectivity index (χ1v) is 10.2. The van der Waals surface area contributed by atoms with Gasteiger partial charge in [-0.2, -0.15) is 0 Å². The van der Waals surface area contributed by atoms with Gasteiger partial charge in [-0.3, -0.25) is 14.7 Å². The van der Waals surface area contributed by atoms with Crippen molar-refractivity contribution >= 4 is 5.91 Å². The summed E-state index contributed by atoms with van der Waals surface area (Å²) in [7, 11) is 0. The van der Waals surface area contributed by atoms with Crippen LogP contribution in [0.1, 0.15) is 30.0 Å². The van der Waals surface area contributed by atoms with Gasteiger partial charge in [0.05, 0.1) is 37.3 Å². The lowest BCUT2D eigenvalue weighted by Gasteiger charge is -2.34. The molecule has 0 saturated carbocycles. The molecule has 1 aromatic heterocycles. The largest absolute Gasteiger partial charge is 0.379 e. The highest BCUT2D eigenvalue weighted by Crippen LogP contribution is 2.27. The molecule has 0 unspecified atom stereocenters. The lowest BCUT2D eigenvalue weighted by atomic mass is 9.94. The van der Waals surface area contributed by atoms with Gasteiger partial charge in [0.1, 0.15) is 0 Å². The Morgan fingerprint density at radius 3 is 2.89 bits per heavy atom. The average Bonchev–Trinajstić information content (AvgIpc) is 2.75. The molecule has 1 amide bonds. The maximum absolute atomic E-state index is 12.8. The summed E-state index contributed by atoms with van der Waals surface area (Å²) in [6, 6.07) is 8.33. The molecule has 2 aliphatic heterocycles. The van der Waals surface area contributed by atoms with E-state index in [1.807, 2.05) is 23.4 Å². The Bertz CT molecular complexity index is 820. The fourth-order valence-electron chi connectivity index (χ4n) is 4.02. The van der Waals surface area contributed by atoms with Gasteiger partial charge < -0.3 is 9.64 Å². The van der Waals surface area contributed by atoms with E-state index in [0.29, 0.717) is 6.54 Å². The van der Waals surface area contributed by atoms with Crippen molar-refractivity contribution in [1.29, 1.82) is 0 Å². The van der Waals surface area contributed by atoms with Crippen molar-refractivity contribution in [2.75, 3.05) is 45.9 Å². The molecule has 28 heavy (non-hydrogen) atoms. The van der Waals surface area contributed by atoms with E-state index in [4.69, 9.17) is 9.72 Å². The van der Waals surface area contributed by atoms with Crippen LogP contribution in [0.5, 0.6) is 0 Å². The Hall–Kier alpha value is -2.31. The number of ether oxygens (including phenoxy) is 1. The highest BCUT2D eigenvalue weighted by Gasteiger charge is 2.27. The van der Waals surface area contributed by atoms with Crippen LogP contribution in [-0.4, -0.2) is 71.6 Å². The minimum absolute atomic E-state index is 0.217. The highest BCUT2D eigenvalue weighted by atomic mass is 16.5. The summed E-state index contributed by atoms with van der Waals surface area (Å²) in [6.45, 7) is 7.26. The number of hydrogen-bond acceptors (Lipinski definition) is 5. The number of nitrogens with zero attached hydrogens (tertiary/aromatic N) is 4. The molecule has 2 aliphatic rings. The van der Waals surface area contributed by atoms with Gasteiger partial charge in [0.15, 0.2) is 0 Å². The predicted molar refractivity (Wildman–Crippen MR) is 108 cm³/mol. The smallest absolute Gasteiger partial charge is 0.236 e. The minimum atomic E-state index is 0.217. The molecule has 0 radical (unpaired) electrons. The predicted octanol–water partition coefficient (Wildman–Crippen LogP) is 2.49. The number of morpholine rings is 1. The summed E-state index contributed by atoms with van der Waals surface area (Å²) < 4.78 is 5.37. The third kappa shape index (κ3) is 4.56. The van der Waals surface area contributed by atoms with E-state index < -0.39 is 0 Å². The SMILES string of the molecule is Cc1cccc(-c2cncc([C@@H]3CCCN(C(=O)CN4CCOCC4)C3)n2)c1. The number of amides is 1. The molecule has 6 heteroatoms. The van der Waals surface area contributed by atoms with Gasteiger partial charge >= 0.3 is 0 Å². The fourth-order valence-corrected chi connectivity index (χ4v) is 4.02. The standard InChI is InChI=1S/C22H28N4O2/c1-17-4-2-5-18(12-17)20-13-23-14-21(24-20)19-6-3-7-26(15-19)22(27)16-25-8-10-28-11-9-25/h2,4-5,12-14,19H,3,6-11,15-16H2,1H3/t19-/m1/s1. The minimum Gasteiger partial charge on any atom is -0.379 e. The molecule has 0 spiro atoms. The Labute approximate surface area is 166 Å². The second kappa shape index (κ2) is 8.80. The molecule has 148 valence electrons. The van der Waals surface area contributed by atoms with Crippen LogP contribution in [0.25, 0.3) is 11.3 Å². The quantitative estimate of drug-likeness (QED) is 0.816. The topological polar surface area (TPSA) is 58.6 Å². The summed E-state index contributed by atoms with van der Waals surface area (Å²) >= 11 is 0. The maximum Gasteiger partial charge on any atom is 0.236 e. The van der Waals surface area contributed by atoms with Gasteiger partial charge in [0, 0.05) is 43.9 Å². The van der Waals surface area contributed by atoms with Crippen molar-refractivity contribution in [3.05, 3.63) is 47.9 Å². The number of aryl methyl sites for hydroxylation is 1. The van der Waals surface area contributed by atoms with Crippen LogP contribution in [0.3, 0.4) is 0 Å². The molecule has 4 rings (SSSR count). The molecule has 1 aromatic carbocycles. The Morgan fingerprint density at radius 2 is 2.07 bits per heavy atom. The zero-order chi connectivity index (χ0) is 19.3. The normalized spacial score (nSPS) is 20.9. The van der Waals surface area contributed by atoms with E-state index in [1.165, 1.54) is 5.56 Å². The summed E-state index contributed by atoms with van der Waals surface area (Å²) in [5.41, 5.74) is 4.19. The molecule has 2 aromatic rings. The van der Waals surface area contributed by atoms with Gasteiger partial charge in [0.25, 0.3) is 0 Å². The molecule has 6 nitrogen and oxygen atoms in total. The Kier molecular flexibility index (Phi) is 5.98. The first kappa shape index (κ1) is 19.0. The molecule has 1 atom stereocenters. The number of piperidine rings is 1. The van der Waals surface area contributed by atoms with Crippen LogP contribution in [0, 0.1) is 6.92 Å². The first-order chi connectivity index (χ1) is 13.7. The zero-order valence-corrected chi connectivity index (χ0v) is 16.5. The lowest BCUT2D eigenvalue weighted by Crippen LogP contribution is -2.47. The number of carbonyl (C=O) groups excluding carboxylic acids is 1. The van der Waals surface area contributed by atoms with E-state index in [9.17, 15) is 4.79 Å². The molecule has 2 saturated heterocycles. The van der Waals surface area contributed by atoms with E-state index in [1.54, 1.807) is 0 Å². The average molecular weight is 380 g/mol. The third-order valence-corrected chi connectivity index (χ3v) is 5.62. The lowest BCUT2D eigenvalue weighted by molar-refractivity contribution is -0.134. The van der Waals surface area contributed by atoms with Crippen LogP contribution < -0.4 is 0 Å². The zero-order valence-electron chi connectivity index (χ0n) is 16.5. The summed E-state index contributed by atoms with van der Waals surface area (Å²) in [4.78, 5) is 26.3.